The van der Waals surface area contributed by atoms with Gasteiger partial charge in [0.15, 0.2) is 0 Å². The lowest BCUT2D eigenvalue weighted by atomic mass is 10.2. The van der Waals surface area contributed by atoms with Crippen molar-refractivity contribution in [3.05, 3.63) is 99.1 Å². The van der Waals surface area contributed by atoms with E-state index in [0.717, 1.165) is 6.07 Å². The summed E-state index contributed by atoms with van der Waals surface area (Å²) in [5, 5.41) is 15.2. The highest BCUT2D eigenvalue weighted by atomic mass is 35.5. The topological polar surface area (TPSA) is 128 Å². The van der Waals surface area contributed by atoms with Crippen LogP contribution in [0.2, 0.25) is 5.02 Å². The molecule has 1 amide bonds. The Kier molecular flexibility index (Phi) is 6.63. The molecule has 0 atom stereocenters. The number of nitrogens with one attached hydrogen (secondary N) is 1. The Bertz CT molecular complexity index is 1260. The summed E-state index contributed by atoms with van der Waals surface area (Å²) in [6.45, 7) is 0. The lowest BCUT2D eigenvalue weighted by Gasteiger charge is -2.07. The molecule has 0 bridgehead atoms. The van der Waals surface area contributed by atoms with Gasteiger partial charge in [-0.3, -0.25) is 14.9 Å². The molecule has 3 rings (SSSR count). The number of hydrazone groups is 1. The lowest BCUT2D eigenvalue weighted by molar-refractivity contribution is -0.385. The third kappa shape index (κ3) is 5.87. The maximum atomic E-state index is 12.4. The van der Waals surface area contributed by atoms with E-state index in [0.29, 0.717) is 16.1 Å². The summed E-state index contributed by atoms with van der Waals surface area (Å²) in [6.07, 6.45) is 1.31. The van der Waals surface area contributed by atoms with Crippen molar-refractivity contribution in [3.63, 3.8) is 0 Å². The third-order valence-corrected chi connectivity index (χ3v) is 5.36. The molecule has 11 heteroatoms. The van der Waals surface area contributed by atoms with Gasteiger partial charge in [0, 0.05) is 22.7 Å². The summed E-state index contributed by atoms with van der Waals surface area (Å²) < 4.78 is 29.9. The average Bonchev–Trinajstić information content (AvgIpc) is 2.74. The van der Waals surface area contributed by atoms with E-state index in [4.69, 9.17) is 15.8 Å². The van der Waals surface area contributed by atoms with Gasteiger partial charge in [0.05, 0.1) is 11.1 Å². The normalized spacial score (nSPS) is 11.3. The SMILES string of the molecule is O=C(N/N=C\c1cccc(OS(=O)(=O)c2cccc([N+](=O)[O-])c2)c1)c1ccc(Cl)cc1. The summed E-state index contributed by atoms with van der Waals surface area (Å²) in [6, 6.07) is 16.7. The van der Waals surface area contributed by atoms with Crippen molar-refractivity contribution in [1.82, 2.24) is 5.43 Å². The molecular formula is C20H14ClN3O6S. The fourth-order valence-corrected chi connectivity index (χ4v) is 3.49. The van der Waals surface area contributed by atoms with E-state index in [1.54, 1.807) is 30.3 Å². The number of nitrogens with zero attached hydrogens (tertiary/aromatic N) is 2. The molecule has 0 saturated carbocycles. The number of nitro groups is 1. The largest absolute Gasteiger partial charge is 0.379 e. The number of rotatable bonds is 7. The summed E-state index contributed by atoms with van der Waals surface area (Å²) in [4.78, 5) is 21.8. The first kappa shape index (κ1) is 21.9. The van der Waals surface area contributed by atoms with Crippen LogP contribution in [0.4, 0.5) is 5.69 Å². The van der Waals surface area contributed by atoms with Gasteiger partial charge in [0.1, 0.15) is 10.6 Å². The van der Waals surface area contributed by atoms with Crippen LogP contribution >= 0.6 is 11.6 Å². The Morgan fingerprint density at radius 2 is 1.77 bits per heavy atom. The molecule has 0 unspecified atom stereocenters. The van der Waals surface area contributed by atoms with Gasteiger partial charge in [-0.1, -0.05) is 29.8 Å². The van der Waals surface area contributed by atoms with Crippen molar-refractivity contribution in [3.8, 4) is 5.75 Å². The highest BCUT2D eigenvalue weighted by Crippen LogP contribution is 2.22. The Balaban J connectivity index is 1.70. The molecule has 0 fully saturated rings. The fraction of sp³-hybridized carbons (Fsp3) is 0. The average molecular weight is 460 g/mol. The molecule has 0 spiro atoms. The van der Waals surface area contributed by atoms with Gasteiger partial charge in [0.25, 0.3) is 11.6 Å². The number of non-ortho nitro benzene ring substituents is 1. The van der Waals surface area contributed by atoms with Crippen LogP contribution in [0.3, 0.4) is 0 Å². The number of hydrogen-bond acceptors (Lipinski definition) is 7. The van der Waals surface area contributed by atoms with Gasteiger partial charge in [-0.2, -0.15) is 13.5 Å². The van der Waals surface area contributed by atoms with Gasteiger partial charge < -0.3 is 4.18 Å². The van der Waals surface area contributed by atoms with Crippen LogP contribution in [0, 0.1) is 10.1 Å². The van der Waals surface area contributed by atoms with Crippen LogP contribution in [0.15, 0.2) is 82.8 Å². The van der Waals surface area contributed by atoms with Crippen LogP contribution in [-0.2, 0) is 10.1 Å². The Labute approximate surface area is 182 Å². The highest BCUT2D eigenvalue weighted by molar-refractivity contribution is 7.87. The van der Waals surface area contributed by atoms with Crippen LogP contribution in [0.5, 0.6) is 5.75 Å². The first-order chi connectivity index (χ1) is 14.7. The van der Waals surface area contributed by atoms with Gasteiger partial charge in [-0.05, 0) is 48.0 Å². The molecule has 1 N–H and O–H groups in total. The van der Waals surface area contributed by atoms with E-state index in [1.807, 2.05) is 0 Å². The quantitative estimate of drug-likeness (QED) is 0.248. The summed E-state index contributed by atoms with van der Waals surface area (Å²) in [7, 11) is -4.29. The molecule has 0 saturated heterocycles. The minimum absolute atomic E-state index is 0.0283. The molecule has 158 valence electrons. The smallest absolute Gasteiger partial charge is 0.339 e. The molecule has 31 heavy (non-hydrogen) atoms. The number of benzene rings is 3. The second kappa shape index (κ2) is 9.37. The summed E-state index contributed by atoms with van der Waals surface area (Å²) in [5.74, 6) is -0.479. The molecule has 0 radical (unpaired) electrons. The minimum atomic E-state index is -4.29. The first-order valence-corrected chi connectivity index (χ1v) is 10.4. The van der Waals surface area contributed by atoms with Gasteiger partial charge in [0.2, 0.25) is 0 Å². The van der Waals surface area contributed by atoms with Crippen LogP contribution in [0.1, 0.15) is 15.9 Å². The molecule has 0 aliphatic rings. The maximum Gasteiger partial charge on any atom is 0.339 e. The monoisotopic (exact) mass is 459 g/mol. The van der Waals surface area contributed by atoms with E-state index < -0.39 is 20.9 Å². The molecule has 0 heterocycles. The molecule has 9 nitrogen and oxygen atoms in total. The molecule has 0 aliphatic carbocycles. The van der Waals surface area contributed by atoms with Gasteiger partial charge in [-0.25, -0.2) is 5.43 Å². The Morgan fingerprint density at radius 3 is 2.48 bits per heavy atom. The predicted molar refractivity (Wildman–Crippen MR) is 114 cm³/mol. The molecular weight excluding hydrogens is 446 g/mol. The number of amides is 1. The number of carbonyl (C=O) groups excluding carboxylic acids is 1. The van der Waals surface area contributed by atoms with Crippen LogP contribution < -0.4 is 9.61 Å². The van der Waals surface area contributed by atoms with E-state index in [1.165, 1.54) is 42.6 Å². The van der Waals surface area contributed by atoms with E-state index in [2.05, 4.69) is 10.5 Å². The summed E-state index contributed by atoms with van der Waals surface area (Å²) in [5.41, 5.74) is 2.78. The van der Waals surface area contributed by atoms with Gasteiger partial charge >= 0.3 is 10.1 Å². The number of halogens is 1. The Morgan fingerprint density at radius 1 is 1.06 bits per heavy atom. The standard InChI is InChI=1S/C20H14ClN3O6S/c21-16-9-7-15(8-10-16)20(25)23-22-13-14-3-1-5-18(11-14)30-31(28,29)19-6-2-4-17(12-19)24(26)27/h1-13H,(H,23,25)/b22-13-. The zero-order valence-electron chi connectivity index (χ0n) is 15.6. The highest BCUT2D eigenvalue weighted by Gasteiger charge is 2.20. The zero-order chi connectivity index (χ0) is 22.4. The van der Waals surface area contributed by atoms with Crippen molar-refractivity contribution in [2.24, 2.45) is 5.10 Å². The first-order valence-electron chi connectivity index (χ1n) is 8.62. The van der Waals surface area contributed by atoms with Crippen molar-refractivity contribution in [2.45, 2.75) is 4.90 Å². The fourth-order valence-electron chi connectivity index (χ4n) is 2.41. The van der Waals surface area contributed by atoms with E-state index >= 15 is 0 Å². The van der Waals surface area contributed by atoms with Gasteiger partial charge in [-0.15, -0.1) is 0 Å². The molecule has 3 aromatic carbocycles. The molecule has 0 aromatic heterocycles. The van der Waals surface area contributed by atoms with Crippen molar-refractivity contribution in [2.75, 3.05) is 0 Å². The molecule has 3 aromatic rings. The maximum absolute atomic E-state index is 12.4. The van der Waals surface area contributed by atoms with Crippen LogP contribution in [-0.4, -0.2) is 25.5 Å². The van der Waals surface area contributed by atoms with E-state index in [-0.39, 0.29) is 16.3 Å². The number of hydrogen-bond donors (Lipinski definition) is 1. The van der Waals surface area contributed by atoms with Crippen LogP contribution in [0.25, 0.3) is 0 Å². The van der Waals surface area contributed by atoms with Crippen molar-refractivity contribution < 1.29 is 22.3 Å². The Hall–Kier alpha value is -3.76. The van der Waals surface area contributed by atoms with E-state index in [9.17, 15) is 23.3 Å². The number of carbonyl (C=O) groups is 1. The second-order valence-electron chi connectivity index (χ2n) is 6.07. The zero-order valence-corrected chi connectivity index (χ0v) is 17.2. The number of nitro benzene ring substituents is 1. The van der Waals surface area contributed by atoms with Crippen molar-refractivity contribution >= 4 is 39.5 Å². The predicted octanol–water partition coefficient (Wildman–Crippen LogP) is 3.78. The molecule has 0 aliphatic heterocycles. The minimum Gasteiger partial charge on any atom is -0.379 e. The van der Waals surface area contributed by atoms with Crippen molar-refractivity contribution in [1.29, 1.82) is 0 Å². The summed E-state index contributed by atoms with van der Waals surface area (Å²) >= 11 is 5.78. The third-order valence-electron chi connectivity index (χ3n) is 3.87. The second-order valence-corrected chi connectivity index (χ2v) is 8.05. The lowest BCUT2D eigenvalue weighted by Crippen LogP contribution is -2.17.